The van der Waals surface area contributed by atoms with Gasteiger partial charge in [0.1, 0.15) is 11.6 Å². The molecule has 3 N–H and O–H groups in total. The Morgan fingerprint density at radius 2 is 2.13 bits per heavy atom. The van der Waals surface area contributed by atoms with Crippen LogP contribution in [0.3, 0.4) is 0 Å². The Labute approximate surface area is 143 Å². The van der Waals surface area contributed by atoms with Crippen molar-refractivity contribution in [2.75, 3.05) is 13.2 Å². The maximum Gasteiger partial charge on any atom is 0.220 e. The van der Waals surface area contributed by atoms with Gasteiger partial charge in [0.05, 0.1) is 6.61 Å². The molecule has 2 unspecified atom stereocenters. The van der Waals surface area contributed by atoms with Gasteiger partial charge >= 0.3 is 0 Å². The van der Waals surface area contributed by atoms with Crippen molar-refractivity contribution in [2.24, 2.45) is 11.7 Å². The number of halogens is 2. The van der Waals surface area contributed by atoms with E-state index in [2.05, 4.69) is 5.32 Å². The van der Waals surface area contributed by atoms with Crippen LogP contribution >= 0.6 is 12.4 Å². The summed E-state index contributed by atoms with van der Waals surface area (Å²) in [5.74, 6) is 0.630. The molecule has 0 radical (unpaired) electrons. The maximum atomic E-state index is 13.0. The molecule has 0 saturated heterocycles. The summed E-state index contributed by atoms with van der Waals surface area (Å²) in [6.45, 7) is 1.04. The van der Waals surface area contributed by atoms with Crippen LogP contribution in [0.2, 0.25) is 0 Å². The first-order valence-corrected chi connectivity index (χ1v) is 8.07. The van der Waals surface area contributed by atoms with Gasteiger partial charge in [-0.05, 0) is 43.9 Å². The topological polar surface area (TPSA) is 64.3 Å². The molecule has 0 bridgehead atoms. The molecular formula is C17H26ClFN2O2. The van der Waals surface area contributed by atoms with E-state index in [0.717, 1.165) is 19.3 Å². The highest BCUT2D eigenvalue weighted by molar-refractivity contribution is 5.85. The number of nitrogens with two attached hydrogens (primary N) is 1. The number of ether oxygens (including phenoxy) is 1. The smallest absolute Gasteiger partial charge is 0.220 e. The second-order valence-corrected chi connectivity index (χ2v) is 5.86. The Morgan fingerprint density at radius 3 is 2.87 bits per heavy atom. The predicted molar refractivity (Wildman–Crippen MR) is 91.3 cm³/mol. The maximum absolute atomic E-state index is 13.0. The molecule has 1 aliphatic carbocycles. The van der Waals surface area contributed by atoms with Gasteiger partial charge in [0.15, 0.2) is 0 Å². The number of carbonyl (C=O) groups is 1. The highest BCUT2D eigenvalue weighted by Crippen LogP contribution is 2.23. The van der Waals surface area contributed by atoms with Crippen molar-refractivity contribution in [1.29, 1.82) is 0 Å². The number of amides is 1. The Bertz CT molecular complexity index is 487. The molecule has 2 atom stereocenters. The first-order valence-electron chi connectivity index (χ1n) is 8.07. The van der Waals surface area contributed by atoms with Crippen molar-refractivity contribution in [3.8, 4) is 5.75 Å². The number of hydrogen-bond donors (Lipinski definition) is 2. The fourth-order valence-corrected chi connectivity index (χ4v) is 2.94. The molecule has 0 aliphatic heterocycles. The normalized spacial score (nSPS) is 20.4. The molecule has 1 aromatic carbocycles. The van der Waals surface area contributed by atoms with Crippen molar-refractivity contribution < 1.29 is 13.9 Å². The number of rotatable bonds is 7. The van der Waals surface area contributed by atoms with Gasteiger partial charge in [-0.3, -0.25) is 4.79 Å². The Morgan fingerprint density at radius 1 is 1.35 bits per heavy atom. The molecule has 1 amide bonds. The van der Waals surface area contributed by atoms with E-state index in [4.69, 9.17) is 10.5 Å². The van der Waals surface area contributed by atoms with Crippen LogP contribution in [0.1, 0.15) is 38.5 Å². The van der Waals surface area contributed by atoms with E-state index in [1.807, 2.05) is 0 Å². The van der Waals surface area contributed by atoms with E-state index in [0.29, 0.717) is 37.7 Å². The van der Waals surface area contributed by atoms with Gasteiger partial charge in [-0.15, -0.1) is 12.4 Å². The van der Waals surface area contributed by atoms with Crippen molar-refractivity contribution in [1.82, 2.24) is 5.32 Å². The molecule has 2 rings (SSSR count). The lowest BCUT2D eigenvalue weighted by Crippen LogP contribution is -2.44. The minimum absolute atomic E-state index is 0. The number of nitrogens with one attached hydrogen (secondary N) is 1. The molecule has 1 aromatic rings. The van der Waals surface area contributed by atoms with E-state index < -0.39 is 0 Å². The number of hydrogen-bond acceptors (Lipinski definition) is 3. The molecule has 1 saturated carbocycles. The summed E-state index contributed by atoms with van der Waals surface area (Å²) >= 11 is 0. The lowest BCUT2D eigenvalue weighted by Gasteiger charge is -2.31. The zero-order chi connectivity index (χ0) is 15.8. The average Bonchev–Trinajstić information content (AvgIpc) is 2.52. The molecule has 0 aromatic heterocycles. The van der Waals surface area contributed by atoms with Gasteiger partial charge in [0.25, 0.3) is 0 Å². The molecule has 6 heteroatoms. The molecular weight excluding hydrogens is 319 g/mol. The van der Waals surface area contributed by atoms with Crippen LogP contribution in [0.5, 0.6) is 5.75 Å². The minimum atomic E-state index is -0.319. The van der Waals surface area contributed by atoms with Crippen LogP contribution in [-0.4, -0.2) is 25.1 Å². The first-order chi connectivity index (χ1) is 10.7. The van der Waals surface area contributed by atoms with E-state index >= 15 is 0 Å². The Kier molecular flexibility index (Phi) is 8.95. The van der Waals surface area contributed by atoms with Crippen molar-refractivity contribution in [3.05, 3.63) is 30.1 Å². The Hall–Kier alpha value is -1.33. The first kappa shape index (κ1) is 19.7. The third kappa shape index (κ3) is 6.75. The largest absolute Gasteiger partial charge is 0.493 e. The van der Waals surface area contributed by atoms with Crippen molar-refractivity contribution in [3.63, 3.8) is 0 Å². The summed E-state index contributed by atoms with van der Waals surface area (Å²) in [7, 11) is 0. The summed E-state index contributed by atoms with van der Waals surface area (Å²) in [5.41, 5.74) is 5.77. The van der Waals surface area contributed by atoms with Gasteiger partial charge in [-0.25, -0.2) is 4.39 Å². The van der Waals surface area contributed by atoms with Crippen LogP contribution in [0.4, 0.5) is 4.39 Å². The van der Waals surface area contributed by atoms with Crippen LogP contribution in [0.25, 0.3) is 0 Å². The summed E-state index contributed by atoms with van der Waals surface area (Å²) < 4.78 is 18.4. The summed E-state index contributed by atoms with van der Waals surface area (Å²) in [4.78, 5) is 12.0. The van der Waals surface area contributed by atoms with Gasteiger partial charge in [0, 0.05) is 18.5 Å². The third-order valence-corrected chi connectivity index (χ3v) is 4.17. The van der Waals surface area contributed by atoms with Crippen LogP contribution < -0.4 is 15.8 Å². The monoisotopic (exact) mass is 344 g/mol. The van der Waals surface area contributed by atoms with Gasteiger partial charge in [-0.2, -0.15) is 0 Å². The standard InChI is InChI=1S/C17H25FN2O2.ClH/c18-14-6-3-7-15(11-14)22-10-4-9-17(21)20-16-8-2-1-5-13(16)12-19;/h3,6-7,11,13,16H,1-2,4-5,8-10,12,19H2,(H,20,21);1H. The SMILES string of the molecule is Cl.NCC1CCCCC1NC(=O)CCCOc1cccc(F)c1. The van der Waals surface area contributed by atoms with Gasteiger partial charge in [0.2, 0.25) is 5.91 Å². The second kappa shape index (κ2) is 10.4. The number of carbonyl (C=O) groups excluding carboxylic acids is 1. The van der Waals surface area contributed by atoms with Crippen molar-refractivity contribution in [2.45, 2.75) is 44.6 Å². The second-order valence-electron chi connectivity index (χ2n) is 5.86. The van der Waals surface area contributed by atoms with Gasteiger partial charge in [-0.1, -0.05) is 18.9 Å². The summed E-state index contributed by atoms with van der Waals surface area (Å²) in [6.07, 6.45) is 5.52. The zero-order valence-electron chi connectivity index (χ0n) is 13.3. The fraction of sp³-hybridized carbons (Fsp3) is 0.588. The quantitative estimate of drug-likeness (QED) is 0.747. The lowest BCUT2D eigenvalue weighted by atomic mass is 9.84. The van der Waals surface area contributed by atoms with Crippen LogP contribution in [0.15, 0.2) is 24.3 Å². The van der Waals surface area contributed by atoms with Crippen molar-refractivity contribution >= 4 is 18.3 Å². The number of benzene rings is 1. The molecule has 1 aliphatic rings. The summed E-state index contributed by atoms with van der Waals surface area (Å²) in [6, 6.07) is 6.24. The Balaban J connectivity index is 0.00000264. The van der Waals surface area contributed by atoms with E-state index in [1.54, 1.807) is 12.1 Å². The third-order valence-electron chi connectivity index (χ3n) is 4.17. The van der Waals surface area contributed by atoms with E-state index in [9.17, 15) is 9.18 Å². The fourth-order valence-electron chi connectivity index (χ4n) is 2.94. The van der Waals surface area contributed by atoms with E-state index in [1.165, 1.54) is 18.6 Å². The molecule has 0 spiro atoms. The highest BCUT2D eigenvalue weighted by Gasteiger charge is 2.24. The minimum Gasteiger partial charge on any atom is -0.493 e. The predicted octanol–water partition coefficient (Wildman–Crippen LogP) is 3.04. The van der Waals surface area contributed by atoms with Crippen LogP contribution in [0, 0.1) is 11.7 Å². The van der Waals surface area contributed by atoms with E-state index in [-0.39, 0.29) is 30.2 Å². The highest BCUT2D eigenvalue weighted by atomic mass is 35.5. The van der Waals surface area contributed by atoms with Crippen LogP contribution in [-0.2, 0) is 4.79 Å². The molecule has 130 valence electrons. The zero-order valence-corrected chi connectivity index (χ0v) is 14.1. The average molecular weight is 345 g/mol. The lowest BCUT2D eigenvalue weighted by molar-refractivity contribution is -0.122. The molecule has 4 nitrogen and oxygen atoms in total. The molecule has 23 heavy (non-hydrogen) atoms. The molecule has 0 heterocycles. The van der Waals surface area contributed by atoms with Gasteiger partial charge < -0.3 is 15.8 Å². The molecule has 1 fully saturated rings. The summed E-state index contributed by atoms with van der Waals surface area (Å²) in [5, 5.41) is 3.09.